The molecule has 1 saturated heterocycles. The van der Waals surface area contributed by atoms with E-state index >= 15 is 0 Å². The van der Waals surface area contributed by atoms with Gasteiger partial charge in [-0.2, -0.15) is 0 Å². The molecule has 1 aliphatic heterocycles. The zero-order chi connectivity index (χ0) is 21.6. The van der Waals surface area contributed by atoms with E-state index < -0.39 is 10.0 Å². The van der Waals surface area contributed by atoms with Crippen molar-refractivity contribution in [1.82, 2.24) is 14.6 Å². The number of sulfonamides is 1. The zero-order valence-corrected chi connectivity index (χ0v) is 18.4. The van der Waals surface area contributed by atoms with Gasteiger partial charge in [0.05, 0.1) is 4.90 Å². The van der Waals surface area contributed by atoms with Crippen LogP contribution in [-0.4, -0.2) is 43.8 Å². The fourth-order valence-corrected chi connectivity index (χ4v) is 5.02. The van der Waals surface area contributed by atoms with Gasteiger partial charge >= 0.3 is 0 Å². The summed E-state index contributed by atoms with van der Waals surface area (Å²) in [6, 6.07) is 8.94. The molecule has 7 nitrogen and oxygen atoms in total. The van der Waals surface area contributed by atoms with Crippen LogP contribution in [0.2, 0.25) is 0 Å². The Morgan fingerprint density at radius 2 is 1.87 bits per heavy atom. The third-order valence-electron chi connectivity index (χ3n) is 5.49. The molecule has 2 N–H and O–H groups in total. The maximum atomic E-state index is 12.8. The molecule has 1 aromatic carbocycles. The van der Waals surface area contributed by atoms with Gasteiger partial charge in [-0.1, -0.05) is 6.92 Å². The molecule has 0 saturated carbocycles. The van der Waals surface area contributed by atoms with Gasteiger partial charge in [0.2, 0.25) is 15.9 Å². The molecular weight excluding hydrogens is 400 g/mol. The third kappa shape index (κ3) is 6.10. The van der Waals surface area contributed by atoms with Gasteiger partial charge in [-0.3, -0.25) is 14.7 Å². The Morgan fingerprint density at radius 1 is 1.17 bits per heavy atom. The average Bonchev–Trinajstić information content (AvgIpc) is 2.74. The molecule has 2 aromatic rings. The zero-order valence-electron chi connectivity index (χ0n) is 17.6. The highest BCUT2D eigenvalue weighted by Gasteiger charge is 2.23. The number of aromatic nitrogens is 1. The van der Waals surface area contributed by atoms with Gasteiger partial charge in [0.25, 0.3) is 0 Å². The number of piperidine rings is 1. The smallest absolute Gasteiger partial charge is 0.240 e. The van der Waals surface area contributed by atoms with Gasteiger partial charge in [-0.15, -0.1) is 0 Å². The Bertz CT molecular complexity index is 956. The van der Waals surface area contributed by atoms with E-state index in [9.17, 15) is 13.2 Å². The number of anilines is 1. The van der Waals surface area contributed by atoms with Crippen molar-refractivity contribution in [3.8, 4) is 0 Å². The second-order valence-electron chi connectivity index (χ2n) is 7.81. The molecule has 1 aliphatic rings. The van der Waals surface area contributed by atoms with Crippen molar-refractivity contribution in [2.24, 2.45) is 5.92 Å². The van der Waals surface area contributed by atoms with E-state index in [0.29, 0.717) is 30.1 Å². The first-order chi connectivity index (χ1) is 14.4. The number of amides is 1. The summed E-state index contributed by atoms with van der Waals surface area (Å²) in [7, 11) is -3.59. The molecule has 2 heterocycles. The molecule has 3 rings (SSSR count). The van der Waals surface area contributed by atoms with E-state index in [4.69, 9.17) is 0 Å². The Hall–Kier alpha value is -2.29. The molecule has 1 fully saturated rings. The quantitative estimate of drug-likeness (QED) is 0.672. The molecule has 8 heteroatoms. The monoisotopic (exact) mass is 430 g/mol. The van der Waals surface area contributed by atoms with Crippen LogP contribution in [0.3, 0.4) is 0 Å². The minimum absolute atomic E-state index is 0.0987. The summed E-state index contributed by atoms with van der Waals surface area (Å²) >= 11 is 0. The van der Waals surface area contributed by atoms with E-state index in [-0.39, 0.29) is 10.8 Å². The van der Waals surface area contributed by atoms with Gasteiger partial charge in [0.15, 0.2) is 0 Å². The van der Waals surface area contributed by atoms with Crippen molar-refractivity contribution < 1.29 is 13.2 Å². The number of rotatable bonds is 8. The second-order valence-corrected chi connectivity index (χ2v) is 9.54. The van der Waals surface area contributed by atoms with Crippen LogP contribution >= 0.6 is 0 Å². The van der Waals surface area contributed by atoms with Crippen molar-refractivity contribution in [3.63, 3.8) is 0 Å². The molecule has 0 unspecified atom stereocenters. The number of carbonyl (C=O) groups is 1. The van der Waals surface area contributed by atoms with Crippen LogP contribution in [0, 0.1) is 12.8 Å². The summed E-state index contributed by atoms with van der Waals surface area (Å²) in [5.41, 5.74) is 2.47. The highest BCUT2D eigenvalue weighted by Crippen LogP contribution is 2.22. The molecule has 0 spiro atoms. The van der Waals surface area contributed by atoms with Crippen molar-refractivity contribution in [1.29, 1.82) is 0 Å². The lowest BCUT2D eigenvalue weighted by atomic mass is 9.97. The number of nitrogens with one attached hydrogen (secondary N) is 2. The molecule has 1 aromatic heterocycles. The number of carbonyl (C=O) groups excluding carboxylic acids is 1. The van der Waals surface area contributed by atoms with Crippen LogP contribution in [-0.2, 0) is 21.4 Å². The standard InChI is InChI=1S/C22H30N4O3S/c1-3-22(27)25-20-4-5-21(17(2)14-20)30(28,29)24-15-18-8-12-26(13-9-18)16-19-6-10-23-11-7-19/h4-7,10-11,14,18,24H,3,8-9,12-13,15-16H2,1-2H3,(H,25,27). The molecule has 30 heavy (non-hydrogen) atoms. The molecule has 1 amide bonds. The Kier molecular flexibility index (Phi) is 7.58. The third-order valence-corrected chi connectivity index (χ3v) is 7.08. The molecule has 0 atom stereocenters. The van der Waals surface area contributed by atoms with E-state index in [1.807, 2.05) is 24.5 Å². The summed E-state index contributed by atoms with van der Waals surface area (Å²) < 4.78 is 28.3. The van der Waals surface area contributed by atoms with Gasteiger partial charge in [0.1, 0.15) is 0 Å². The molecule has 0 bridgehead atoms. The Balaban J connectivity index is 1.51. The van der Waals surface area contributed by atoms with E-state index in [1.165, 1.54) is 5.56 Å². The number of hydrogen-bond acceptors (Lipinski definition) is 5. The minimum atomic E-state index is -3.59. The number of aryl methyl sites for hydroxylation is 1. The fourth-order valence-electron chi connectivity index (χ4n) is 3.68. The number of benzene rings is 1. The van der Waals surface area contributed by atoms with E-state index in [1.54, 1.807) is 32.0 Å². The highest BCUT2D eigenvalue weighted by atomic mass is 32.2. The van der Waals surface area contributed by atoms with Gasteiger partial charge in [-0.05, 0) is 80.2 Å². The highest BCUT2D eigenvalue weighted by molar-refractivity contribution is 7.89. The largest absolute Gasteiger partial charge is 0.326 e. The summed E-state index contributed by atoms with van der Waals surface area (Å²) in [5, 5.41) is 2.75. The van der Waals surface area contributed by atoms with Crippen LogP contribution in [0.15, 0.2) is 47.6 Å². The van der Waals surface area contributed by atoms with Crippen LogP contribution in [0.5, 0.6) is 0 Å². The lowest BCUT2D eigenvalue weighted by molar-refractivity contribution is -0.115. The molecule has 0 radical (unpaired) electrons. The minimum Gasteiger partial charge on any atom is -0.326 e. The van der Waals surface area contributed by atoms with Crippen molar-refractivity contribution in [2.75, 3.05) is 25.0 Å². The normalized spacial score (nSPS) is 15.8. The number of pyridine rings is 1. The van der Waals surface area contributed by atoms with Crippen molar-refractivity contribution >= 4 is 21.6 Å². The number of hydrogen-bond donors (Lipinski definition) is 2. The lowest BCUT2D eigenvalue weighted by Crippen LogP contribution is -2.38. The van der Waals surface area contributed by atoms with Crippen molar-refractivity contribution in [2.45, 2.75) is 44.6 Å². The predicted octanol–water partition coefficient (Wildman–Crippen LogP) is 2.93. The van der Waals surface area contributed by atoms with Crippen LogP contribution in [0.25, 0.3) is 0 Å². The first-order valence-corrected chi connectivity index (χ1v) is 11.9. The lowest BCUT2D eigenvalue weighted by Gasteiger charge is -2.32. The van der Waals surface area contributed by atoms with Gasteiger partial charge in [-0.25, -0.2) is 13.1 Å². The first kappa shape index (κ1) is 22.4. The van der Waals surface area contributed by atoms with Crippen LogP contribution < -0.4 is 10.0 Å². The molecule has 0 aliphatic carbocycles. The number of nitrogens with zero attached hydrogens (tertiary/aromatic N) is 2. The van der Waals surface area contributed by atoms with Crippen LogP contribution in [0.4, 0.5) is 5.69 Å². The Morgan fingerprint density at radius 3 is 2.50 bits per heavy atom. The van der Waals surface area contributed by atoms with Gasteiger partial charge in [0, 0.05) is 37.6 Å². The summed E-state index contributed by atoms with van der Waals surface area (Å²) in [5.74, 6) is 0.232. The van der Waals surface area contributed by atoms with Crippen molar-refractivity contribution in [3.05, 3.63) is 53.9 Å². The number of likely N-dealkylation sites (tertiary alicyclic amines) is 1. The first-order valence-electron chi connectivity index (χ1n) is 10.4. The maximum Gasteiger partial charge on any atom is 0.240 e. The van der Waals surface area contributed by atoms with E-state index in [0.717, 1.165) is 32.5 Å². The van der Waals surface area contributed by atoms with Gasteiger partial charge < -0.3 is 5.32 Å². The average molecular weight is 431 g/mol. The summed E-state index contributed by atoms with van der Waals surface area (Å²) in [4.78, 5) is 18.2. The fraction of sp³-hybridized carbons (Fsp3) is 0.455. The molecular formula is C22H30N4O3S. The SMILES string of the molecule is CCC(=O)Nc1ccc(S(=O)(=O)NCC2CCN(Cc3ccncc3)CC2)c(C)c1. The Labute approximate surface area is 178 Å². The molecule has 162 valence electrons. The predicted molar refractivity (Wildman–Crippen MR) is 118 cm³/mol. The maximum absolute atomic E-state index is 12.8. The van der Waals surface area contributed by atoms with Crippen LogP contribution in [0.1, 0.15) is 37.3 Å². The summed E-state index contributed by atoms with van der Waals surface area (Å²) in [6.07, 6.45) is 5.93. The summed E-state index contributed by atoms with van der Waals surface area (Å²) in [6.45, 7) is 6.78. The van der Waals surface area contributed by atoms with E-state index in [2.05, 4.69) is 19.9 Å². The topological polar surface area (TPSA) is 91.4 Å². The second kappa shape index (κ2) is 10.1.